The number of nitrogens with one attached hydrogen (secondary N) is 4. The van der Waals surface area contributed by atoms with E-state index in [4.69, 9.17) is 11.5 Å². The second-order valence-corrected chi connectivity index (χ2v) is 12.8. The quantitative estimate of drug-likeness (QED) is 0.169. The minimum absolute atomic E-state index is 0.00971. The highest BCUT2D eigenvalue weighted by Crippen LogP contribution is 2.19. The minimum Gasteiger partial charge on any atom is -0.508 e. The summed E-state index contributed by atoms with van der Waals surface area (Å²) < 4.78 is 0. The maximum absolute atomic E-state index is 13.6. The molecule has 0 aromatic heterocycles. The third-order valence-corrected chi connectivity index (χ3v) is 8.81. The first kappa shape index (κ1) is 38.3. The van der Waals surface area contributed by atoms with E-state index in [-0.39, 0.29) is 38.2 Å². The first-order chi connectivity index (χ1) is 24.4. The van der Waals surface area contributed by atoms with Gasteiger partial charge in [-0.1, -0.05) is 42.5 Å². The molecule has 274 valence electrons. The zero-order valence-electron chi connectivity index (χ0n) is 28.3. The van der Waals surface area contributed by atoms with Gasteiger partial charge in [0.1, 0.15) is 23.9 Å². The van der Waals surface area contributed by atoms with Crippen molar-refractivity contribution in [1.82, 2.24) is 31.1 Å². The summed E-state index contributed by atoms with van der Waals surface area (Å²) in [5, 5.41) is 20.1. The topological polar surface area (TPSA) is 246 Å². The standard InChI is InChI=1S/C35H46N8O8/c36-25(17-22-11-13-24(44)14-12-22)33(49)41-26-9-4-5-15-38-29(45)18-27(35(51)43-16-6-10-28(43)32(37)48)40-30(46)21-42(31(47)19-39-34(26)50)20-23-7-2-1-3-8-23/h1-3,7-8,11-14,25-28,44H,4-6,9-10,15-21,36H2,(H2,37,48)(H,38,45)(H,39,50)(H,40,46)(H,41,49)/t25-,26+,27+,28-/m0/s1. The van der Waals surface area contributed by atoms with Crippen molar-refractivity contribution >= 4 is 41.4 Å². The van der Waals surface area contributed by atoms with Gasteiger partial charge >= 0.3 is 0 Å². The third kappa shape index (κ3) is 11.5. The molecular formula is C35H46N8O8. The summed E-state index contributed by atoms with van der Waals surface area (Å²) >= 11 is 0. The summed E-state index contributed by atoms with van der Waals surface area (Å²) in [7, 11) is 0. The summed E-state index contributed by atoms with van der Waals surface area (Å²) in [6.45, 7) is -0.614. The van der Waals surface area contributed by atoms with Crippen LogP contribution in [0.4, 0.5) is 0 Å². The summed E-state index contributed by atoms with van der Waals surface area (Å²) in [5.41, 5.74) is 13.1. The van der Waals surface area contributed by atoms with Crippen LogP contribution in [0.1, 0.15) is 49.7 Å². The molecule has 0 radical (unpaired) electrons. The Bertz CT molecular complexity index is 1570. The number of likely N-dealkylation sites (tertiary alicyclic amines) is 1. The molecule has 0 unspecified atom stereocenters. The number of nitrogens with zero attached hydrogens (tertiary/aromatic N) is 2. The maximum atomic E-state index is 13.6. The van der Waals surface area contributed by atoms with Crippen LogP contribution in [-0.2, 0) is 46.5 Å². The van der Waals surface area contributed by atoms with Crippen LogP contribution in [0.3, 0.4) is 0 Å². The molecule has 16 nitrogen and oxygen atoms in total. The molecule has 2 aromatic rings. The smallest absolute Gasteiger partial charge is 0.246 e. The van der Waals surface area contributed by atoms with Gasteiger partial charge in [-0.15, -0.1) is 0 Å². The van der Waals surface area contributed by atoms with E-state index >= 15 is 0 Å². The number of primary amides is 1. The van der Waals surface area contributed by atoms with Crippen molar-refractivity contribution in [2.24, 2.45) is 11.5 Å². The van der Waals surface area contributed by atoms with E-state index < -0.39 is 85.0 Å². The highest BCUT2D eigenvalue weighted by atomic mass is 16.3. The van der Waals surface area contributed by atoms with Gasteiger partial charge in [-0.3, -0.25) is 33.6 Å². The van der Waals surface area contributed by atoms with Crippen molar-refractivity contribution in [3.8, 4) is 5.75 Å². The molecule has 2 aliphatic heterocycles. The molecular weight excluding hydrogens is 660 g/mol. The molecule has 0 bridgehead atoms. The van der Waals surface area contributed by atoms with E-state index in [1.807, 2.05) is 0 Å². The molecule has 16 heteroatoms. The Balaban J connectivity index is 1.52. The zero-order valence-corrected chi connectivity index (χ0v) is 28.3. The van der Waals surface area contributed by atoms with Crippen LogP contribution in [0.2, 0.25) is 0 Å². The van der Waals surface area contributed by atoms with Gasteiger partial charge in [0.05, 0.1) is 25.6 Å². The number of hydrogen-bond acceptors (Lipinski definition) is 9. The van der Waals surface area contributed by atoms with Gasteiger partial charge in [0.2, 0.25) is 41.4 Å². The van der Waals surface area contributed by atoms with Crippen LogP contribution in [0.5, 0.6) is 5.75 Å². The van der Waals surface area contributed by atoms with Crippen molar-refractivity contribution in [3.05, 3.63) is 65.7 Å². The highest BCUT2D eigenvalue weighted by molar-refractivity contribution is 5.96. The van der Waals surface area contributed by atoms with E-state index in [9.17, 15) is 38.7 Å². The number of carbonyl (C=O) groups excluding carboxylic acids is 7. The zero-order chi connectivity index (χ0) is 36.9. The molecule has 2 aliphatic rings. The number of benzene rings is 2. The third-order valence-electron chi connectivity index (χ3n) is 8.81. The monoisotopic (exact) mass is 706 g/mol. The van der Waals surface area contributed by atoms with Crippen molar-refractivity contribution in [3.63, 3.8) is 0 Å². The number of aromatic hydroxyl groups is 1. The van der Waals surface area contributed by atoms with Gasteiger partial charge in [0.25, 0.3) is 0 Å². The van der Waals surface area contributed by atoms with Crippen molar-refractivity contribution in [2.45, 2.75) is 75.7 Å². The van der Waals surface area contributed by atoms with Crippen molar-refractivity contribution in [1.29, 1.82) is 0 Å². The molecule has 7 amide bonds. The number of amides is 7. The van der Waals surface area contributed by atoms with Crippen molar-refractivity contribution in [2.75, 3.05) is 26.2 Å². The Labute approximate surface area is 295 Å². The average molecular weight is 707 g/mol. The number of phenols is 1. The van der Waals surface area contributed by atoms with Crippen LogP contribution in [0.25, 0.3) is 0 Å². The van der Waals surface area contributed by atoms with Gasteiger partial charge in [-0.2, -0.15) is 0 Å². The van der Waals surface area contributed by atoms with E-state index in [2.05, 4.69) is 21.3 Å². The molecule has 4 atom stereocenters. The lowest BCUT2D eigenvalue weighted by atomic mass is 10.0. The van der Waals surface area contributed by atoms with Gasteiger partial charge in [-0.05, 0) is 61.8 Å². The van der Waals surface area contributed by atoms with Crippen LogP contribution in [0.15, 0.2) is 54.6 Å². The molecule has 2 aromatic carbocycles. The van der Waals surface area contributed by atoms with Crippen LogP contribution >= 0.6 is 0 Å². The molecule has 2 fully saturated rings. The van der Waals surface area contributed by atoms with Gasteiger partial charge in [0.15, 0.2) is 0 Å². The summed E-state index contributed by atoms with van der Waals surface area (Å²) in [4.78, 5) is 94.5. The normalized spacial score (nSPS) is 21.9. The molecule has 0 spiro atoms. The Morgan fingerprint density at radius 1 is 0.902 bits per heavy atom. The Hall–Kier alpha value is -5.51. The fraction of sp³-hybridized carbons (Fsp3) is 0.457. The molecule has 2 heterocycles. The number of hydrogen-bond donors (Lipinski definition) is 7. The second-order valence-electron chi connectivity index (χ2n) is 12.8. The van der Waals surface area contributed by atoms with Crippen molar-refractivity contribution < 1.29 is 38.7 Å². The molecule has 0 saturated carbocycles. The molecule has 4 rings (SSSR count). The Morgan fingerprint density at radius 3 is 2.33 bits per heavy atom. The number of carbonyl (C=O) groups is 7. The lowest BCUT2D eigenvalue weighted by Crippen LogP contribution is -2.56. The predicted molar refractivity (Wildman–Crippen MR) is 184 cm³/mol. The first-order valence-corrected chi connectivity index (χ1v) is 17.0. The van der Waals surface area contributed by atoms with Crippen LogP contribution in [-0.4, -0.2) is 107 Å². The molecule has 0 aliphatic carbocycles. The lowest BCUT2D eigenvalue weighted by molar-refractivity contribution is -0.143. The van der Waals surface area contributed by atoms with E-state index in [1.54, 1.807) is 42.5 Å². The number of rotatable bonds is 8. The van der Waals surface area contributed by atoms with Crippen LogP contribution < -0.4 is 32.7 Å². The number of nitrogens with two attached hydrogens (primary N) is 2. The summed E-state index contributed by atoms with van der Waals surface area (Å²) in [5.74, 6) is -4.36. The summed E-state index contributed by atoms with van der Waals surface area (Å²) in [6.07, 6.45) is 1.56. The van der Waals surface area contributed by atoms with Crippen LogP contribution in [0, 0.1) is 0 Å². The molecule has 9 N–H and O–H groups in total. The fourth-order valence-corrected chi connectivity index (χ4v) is 6.06. The first-order valence-electron chi connectivity index (χ1n) is 17.0. The highest BCUT2D eigenvalue weighted by Gasteiger charge is 2.38. The molecule has 51 heavy (non-hydrogen) atoms. The van der Waals surface area contributed by atoms with E-state index in [1.165, 1.54) is 21.9 Å². The molecule has 2 saturated heterocycles. The Kier molecular flexibility index (Phi) is 13.9. The summed E-state index contributed by atoms with van der Waals surface area (Å²) in [6, 6.07) is 10.8. The number of phenolic OH excluding ortho intramolecular Hbond substituents is 1. The second kappa shape index (κ2) is 18.5. The van der Waals surface area contributed by atoms with Gasteiger partial charge in [-0.25, -0.2) is 0 Å². The van der Waals surface area contributed by atoms with E-state index in [0.717, 1.165) is 0 Å². The lowest BCUT2D eigenvalue weighted by Gasteiger charge is -2.29. The van der Waals surface area contributed by atoms with E-state index in [0.29, 0.717) is 36.8 Å². The fourth-order valence-electron chi connectivity index (χ4n) is 6.06. The predicted octanol–water partition coefficient (Wildman–Crippen LogP) is -1.46. The van der Waals surface area contributed by atoms with Gasteiger partial charge in [0, 0.05) is 19.6 Å². The largest absolute Gasteiger partial charge is 0.508 e. The Morgan fingerprint density at radius 2 is 1.63 bits per heavy atom. The maximum Gasteiger partial charge on any atom is 0.246 e. The minimum atomic E-state index is -1.33. The average Bonchev–Trinajstić information content (AvgIpc) is 3.60. The SMILES string of the molecule is NC(=O)[C@@H]1CCCN1C(=O)[C@H]1CC(=O)NCCCC[C@@H](NC(=O)[C@@H](N)Cc2ccc(O)cc2)C(=O)NCC(=O)N(Cc2ccccc2)CC(=O)N1. The van der Waals surface area contributed by atoms with Gasteiger partial charge < -0.3 is 47.6 Å².